The molecule has 0 aliphatic rings. The van der Waals surface area contributed by atoms with Gasteiger partial charge in [-0.05, 0) is 25.0 Å². The molecule has 0 fully saturated rings. The Labute approximate surface area is 93.9 Å². The second-order valence-electron chi connectivity index (χ2n) is 3.59. The Morgan fingerprint density at radius 3 is 2.75 bits per heavy atom. The Bertz CT molecular complexity index is 517. The smallest absolute Gasteiger partial charge is 0.170 e. The van der Waals surface area contributed by atoms with Gasteiger partial charge >= 0.3 is 0 Å². The molecule has 0 bridgehead atoms. The molecule has 0 saturated carbocycles. The molecule has 16 heavy (non-hydrogen) atoms. The third-order valence-electron chi connectivity index (χ3n) is 2.57. The topological polar surface area (TPSA) is 47.8 Å². The number of hydrogen-bond acceptors (Lipinski definition) is 3. The third-order valence-corrected chi connectivity index (χ3v) is 2.57. The molecule has 1 heterocycles. The summed E-state index contributed by atoms with van der Waals surface area (Å²) in [4.78, 5) is 11.1. The van der Waals surface area contributed by atoms with Crippen LogP contribution in [0.25, 0.3) is 5.69 Å². The summed E-state index contributed by atoms with van der Waals surface area (Å²) in [6.45, 7) is 3.94. The molecule has 0 saturated heterocycles. The van der Waals surface area contributed by atoms with Crippen LogP contribution in [0.15, 0.2) is 24.3 Å². The van der Waals surface area contributed by atoms with E-state index < -0.39 is 0 Å². The molecule has 1 aromatic carbocycles. The number of hydrogen-bond donors (Lipinski definition) is 0. The molecule has 4 nitrogen and oxygen atoms in total. The van der Waals surface area contributed by atoms with Gasteiger partial charge < -0.3 is 0 Å². The second-order valence-corrected chi connectivity index (χ2v) is 3.59. The normalized spacial score (nSPS) is 10.4. The summed E-state index contributed by atoms with van der Waals surface area (Å²) in [5, 5.41) is 8.03. The van der Waals surface area contributed by atoms with Crippen LogP contribution in [0.4, 0.5) is 0 Å². The maximum Gasteiger partial charge on any atom is 0.170 e. The van der Waals surface area contributed by atoms with Crippen molar-refractivity contribution in [3.8, 4) is 5.69 Å². The quantitative estimate of drug-likeness (QED) is 0.735. The van der Waals surface area contributed by atoms with Gasteiger partial charge in [0.05, 0.1) is 11.4 Å². The van der Waals surface area contributed by atoms with Crippen LogP contribution in [0.3, 0.4) is 0 Å². The van der Waals surface area contributed by atoms with Gasteiger partial charge in [0.2, 0.25) is 0 Å². The summed E-state index contributed by atoms with van der Waals surface area (Å²) < 4.78 is 1.60. The van der Waals surface area contributed by atoms with E-state index in [1.54, 1.807) is 4.68 Å². The van der Waals surface area contributed by atoms with E-state index in [4.69, 9.17) is 0 Å². The zero-order chi connectivity index (χ0) is 11.5. The highest BCUT2D eigenvalue weighted by atomic mass is 16.1. The van der Waals surface area contributed by atoms with E-state index >= 15 is 0 Å². The lowest BCUT2D eigenvalue weighted by Gasteiger charge is -2.05. The molecule has 1 aromatic heterocycles. The Balaban J connectivity index is 2.61. The number of benzene rings is 1. The van der Waals surface area contributed by atoms with E-state index in [1.165, 1.54) is 0 Å². The Morgan fingerprint density at radius 2 is 2.12 bits per heavy atom. The average Bonchev–Trinajstić information content (AvgIpc) is 2.72. The van der Waals surface area contributed by atoms with Gasteiger partial charge in [0.15, 0.2) is 6.29 Å². The van der Waals surface area contributed by atoms with E-state index in [1.807, 2.05) is 38.1 Å². The molecule has 0 aliphatic carbocycles. The molecule has 4 heteroatoms. The van der Waals surface area contributed by atoms with E-state index in [0.717, 1.165) is 23.2 Å². The molecule has 2 rings (SSSR count). The standard InChI is InChI=1S/C12H13N3O/c1-3-10-12(8-16)15(14-13-10)11-7-5-4-6-9(11)2/h4-8H,3H2,1-2H3. The SMILES string of the molecule is CCc1nnn(-c2ccccc2C)c1C=O. The van der Waals surface area contributed by atoms with Crippen molar-refractivity contribution in [2.75, 3.05) is 0 Å². The molecule has 82 valence electrons. The van der Waals surface area contributed by atoms with Crippen LogP contribution < -0.4 is 0 Å². The summed E-state index contributed by atoms with van der Waals surface area (Å²) in [6, 6.07) is 7.79. The van der Waals surface area contributed by atoms with Gasteiger partial charge in [-0.1, -0.05) is 30.3 Å². The largest absolute Gasteiger partial charge is 0.296 e. The van der Waals surface area contributed by atoms with Gasteiger partial charge in [-0.2, -0.15) is 0 Å². The van der Waals surface area contributed by atoms with Crippen molar-refractivity contribution in [2.24, 2.45) is 0 Å². The predicted molar refractivity (Wildman–Crippen MR) is 60.9 cm³/mol. The molecule has 0 atom stereocenters. The summed E-state index contributed by atoms with van der Waals surface area (Å²) in [5.41, 5.74) is 3.24. The van der Waals surface area contributed by atoms with Crippen LogP contribution in [0.2, 0.25) is 0 Å². The average molecular weight is 215 g/mol. The first-order valence-electron chi connectivity index (χ1n) is 5.23. The number of carbonyl (C=O) groups is 1. The minimum Gasteiger partial charge on any atom is -0.296 e. The minimum absolute atomic E-state index is 0.539. The molecular weight excluding hydrogens is 202 g/mol. The lowest BCUT2D eigenvalue weighted by atomic mass is 10.2. The molecule has 0 N–H and O–H groups in total. The van der Waals surface area contributed by atoms with Gasteiger partial charge in [-0.25, -0.2) is 4.68 Å². The van der Waals surface area contributed by atoms with Crippen LogP contribution in [0.5, 0.6) is 0 Å². The van der Waals surface area contributed by atoms with Gasteiger partial charge in [-0.15, -0.1) is 5.10 Å². The summed E-state index contributed by atoms with van der Waals surface area (Å²) in [5.74, 6) is 0. The lowest BCUT2D eigenvalue weighted by Crippen LogP contribution is -2.04. The van der Waals surface area contributed by atoms with Gasteiger partial charge in [0, 0.05) is 0 Å². The fourth-order valence-electron chi connectivity index (χ4n) is 1.67. The van der Waals surface area contributed by atoms with Crippen LogP contribution >= 0.6 is 0 Å². The van der Waals surface area contributed by atoms with Crippen molar-refractivity contribution < 1.29 is 4.79 Å². The summed E-state index contributed by atoms with van der Waals surface area (Å²) in [7, 11) is 0. The Kier molecular flexibility index (Phi) is 2.81. The number of para-hydroxylation sites is 1. The number of aldehydes is 1. The van der Waals surface area contributed by atoms with Crippen LogP contribution in [-0.4, -0.2) is 21.3 Å². The molecule has 0 radical (unpaired) electrons. The van der Waals surface area contributed by atoms with E-state index in [-0.39, 0.29) is 0 Å². The van der Waals surface area contributed by atoms with E-state index in [2.05, 4.69) is 10.3 Å². The number of nitrogens with zero attached hydrogens (tertiary/aromatic N) is 3. The highest BCUT2D eigenvalue weighted by Gasteiger charge is 2.12. The Hall–Kier alpha value is -1.97. The van der Waals surface area contributed by atoms with E-state index in [0.29, 0.717) is 12.1 Å². The van der Waals surface area contributed by atoms with Gasteiger partial charge in [-0.3, -0.25) is 4.79 Å². The van der Waals surface area contributed by atoms with Crippen LogP contribution in [-0.2, 0) is 6.42 Å². The minimum atomic E-state index is 0.539. The van der Waals surface area contributed by atoms with Crippen molar-refractivity contribution in [1.82, 2.24) is 15.0 Å². The molecule has 0 spiro atoms. The van der Waals surface area contributed by atoms with Crippen LogP contribution in [0.1, 0.15) is 28.7 Å². The van der Waals surface area contributed by atoms with Crippen LogP contribution in [0, 0.1) is 6.92 Å². The number of aryl methyl sites for hydroxylation is 2. The first-order chi connectivity index (χ1) is 7.77. The summed E-state index contributed by atoms with van der Waals surface area (Å²) >= 11 is 0. The lowest BCUT2D eigenvalue weighted by molar-refractivity contribution is 0.111. The number of carbonyl (C=O) groups excluding carboxylic acids is 1. The maximum absolute atomic E-state index is 11.1. The molecule has 0 aliphatic heterocycles. The zero-order valence-corrected chi connectivity index (χ0v) is 9.34. The predicted octanol–water partition coefficient (Wildman–Crippen LogP) is 1.95. The van der Waals surface area contributed by atoms with Gasteiger partial charge in [0.25, 0.3) is 0 Å². The molecule has 0 unspecified atom stereocenters. The first-order valence-corrected chi connectivity index (χ1v) is 5.23. The molecular formula is C12H13N3O. The third kappa shape index (κ3) is 1.62. The highest BCUT2D eigenvalue weighted by Crippen LogP contribution is 2.15. The van der Waals surface area contributed by atoms with Crippen molar-refractivity contribution in [2.45, 2.75) is 20.3 Å². The second kappa shape index (κ2) is 4.26. The molecule has 2 aromatic rings. The first kappa shape index (κ1) is 10.5. The van der Waals surface area contributed by atoms with Crippen molar-refractivity contribution in [3.63, 3.8) is 0 Å². The zero-order valence-electron chi connectivity index (χ0n) is 9.34. The van der Waals surface area contributed by atoms with Crippen molar-refractivity contribution in [1.29, 1.82) is 0 Å². The fraction of sp³-hybridized carbons (Fsp3) is 0.250. The molecule has 0 amide bonds. The number of aromatic nitrogens is 3. The van der Waals surface area contributed by atoms with E-state index in [9.17, 15) is 4.79 Å². The number of rotatable bonds is 3. The van der Waals surface area contributed by atoms with Crippen molar-refractivity contribution >= 4 is 6.29 Å². The Morgan fingerprint density at radius 1 is 1.38 bits per heavy atom. The fourth-order valence-corrected chi connectivity index (χ4v) is 1.67. The van der Waals surface area contributed by atoms with Crippen molar-refractivity contribution in [3.05, 3.63) is 41.2 Å². The highest BCUT2D eigenvalue weighted by molar-refractivity contribution is 5.75. The monoisotopic (exact) mass is 215 g/mol. The van der Waals surface area contributed by atoms with Gasteiger partial charge in [0.1, 0.15) is 5.69 Å². The maximum atomic E-state index is 11.1. The summed E-state index contributed by atoms with van der Waals surface area (Å²) in [6.07, 6.45) is 1.52.